The van der Waals surface area contributed by atoms with Crippen molar-refractivity contribution in [2.45, 2.75) is 65.0 Å². The van der Waals surface area contributed by atoms with Crippen LogP contribution in [-0.4, -0.2) is 14.7 Å². The van der Waals surface area contributed by atoms with Gasteiger partial charge in [0, 0.05) is 22.5 Å². The largest absolute Gasteiger partial charge is 0.299 e. The van der Waals surface area contributed by atoms with Gasteiger partial charge in [-0.2, -0.15) is 0 Å². The lowest BCUT2D eigenvalue weighted by Gasteiger charge is -2.39. The third-order valence-electron chi connectivity index (χ3n) is 5.47. The molecule has 0 aromatic carbocycles. The Hall–Kier alpha value is -0.900. The number of fused-ring (bicyclic) bond motifs is 1. The minimum atomic E-state index is -2.76. The predicted octanol–water partition coefficient (Wildman–Crippen LogP) is 4.69. The molecule has 1 saturated carbocycles. The fourth-order valence-electron chi connectivity index (χ4n) is 3.79. The van der Waals surface area contributed by atoms with Crippen LogP contribution in [-0.2, 0) is 14.5 Å². The zero-order valence-corrected chi connectivity index (χ0v) is 15.3. The minimum Gasteiger partial charge on any atom is -0.299 e. The Balaban J connectivity index is 2.21. The highest BCUT2D eigenvalue weighted by atomic mass is 32.2. The van der Waals surface area contributed by atoms with Gasteiger partial charge in [0.05, 0.1) is 9.73 Å². The van der Waals surface area contributed by atoms with Crippen molar-refractivity contribution >= 4 is 15.5 Å². The molecule has 4 heteroatoms. The normalized spacial score (nSPS) is 33.4. The van der Waals surface area contributed by atoms with Gasteiger partial charge in [0.1, 0.15) is 5.78 Å². The van der Waals surface area contributed by atoms with E-state index in [2.05, 4.69) is 19.9 Å². The molecule has 4 atom stereocenters. The molecule has 2 aliphatic carbocycles. The van der Waals surface area contributed by atoms with E-state index in [0.717, 1.165) is 25.7 Å². The maximum Gasteiger partial charge on any atom is 0.137 e. The van der Waals surface area contributed by atoms with E-state index < -0.39 is 14.5 Å². The van der Waals surface area contributed by atoms with Crippen molar-refractivity contribution in [1.82, 2.24) is 0 Å². The number of hydrogen-bond donors (Lipinski definition) is 1. The summed E-state index contributed by atoms with van der Waals surface area (Å²) >= 11 is 0. The molecule has 1 N–H and O–H groups in total. The van der Waals surface area contributed by atoms with Crippen molar-refractivity contribution in [2.24, 2.45) is 17.3 Å². The predicted molar refractivity (Wildman–Crippen MR) is 92.1 cm³/mol. The molecular weight excluding hydrogens is 294 g/mol. The van der Waals surface area contributed by atoms with Crippen LogP contribution in [0, 0.1) is 22.0 Å². The first-order chi connectivity index (χ1) is 9.99. The van der Waals surface area contributed by atoms with Crippen LogP contribution in [0.4, 0.5) is 0 Å². The number of nitrogens with one attached hydrogen (secondary N) is 1. The maximum atomic E-state index is 12.4. The number of hydrogen-bond acceptors (Lipinski definition) is 3. The molecule has 0 radical (unpaired) electrons. The molecule has 2 aliphatic rings. The van der Waals surface area contributed by atoms with Gasteiger partial charge in [-0.05, 0) is 51.4 Å². The number of ketones is 1. The zero-order chi connectivity index (χ0) is 16.8. The summed E-state index contributed by atoms with van der Waals surface area (Å²) in [4.78, 5) is 12.2. The molecule has 0 aromatic rings. The van der Waals surface area contributed by atoms with Crippen molar-refractivity contribution in [2.75, 3.05) is 0 Å². The van der Waals surface area contributed by atoms with Gasteiger partial charge in [0.25, 0.3) is 0 Å². The van der Waals surface area contributed by atoms with Gasteiger partial charge in [-0.15, -0.1) is 0 Å². The van der Waals surface area contributed by atoms with Crippen LogP contribution >= 0.6 is 0 Å². The Morgan fingerprint density at radius 3 is 2.68 bits per heavy atom. The molecule has 0 bridgehead atoms. The topological polar surface area (TPSA) is 58.0 Å². The minimum absolute atomic E-state index is 0.0380. The van der Waals surface area contributed by atoms with Crippen LogP contribution in [0.1, 0.15) is 60.3 Å². The fraction of sp³-hybridized carbons (Fsp3) is 0.722. The SMILES string of the molecule is C[C@H](/C=C/[S@](=N)(=O)C(C)(C)C)C1=CC[C@H]2C(=O)CCC[C@]12C. The number of carbonyl (C=O) groups excluding carboxylic acids is 1. The van der Waals surface area contributed by atoms with Gasteiger partial charge >= 0.3 is 0 Å². The van der Waals surface area contributed by atoms with Crippen molar-refractivity contribution in [3.63, 3.8) is 0 Å². The molecular formula is C18H29NO2S. The Kier molecular flexibility index (Phi) is 4.46. The quantitative estimate of drug-likeness (QED) is 0.766. The van der Waals surface area contributed by atoms with Gasteiger partial charge in [-0.25, -0.2) is 8.99 Å². The Morgan fingerprint density at radius 1 is 1.45 bits per heavy atom. The van der Waals surface area contributed by atoms with Gasteiger partial charge in [0.2, 0.25) is 0 Å². The summed E-state index contributed by atoms with van der Waals surface area (Å²) in [5, 5.41) is 1.58. The molecule has 0 heterocycles. The molecule has 124 valence electrons. The molecule has 1 fully saturated rings. The molecule has 3 nitrogen and oxygen atoms in total. The molecule has 0 aliphatic heterocycles. The average Bonchev–Trinajstić information content (AvgIpc) is 2.73. The van der Waals surface area contributed by atoms with Crippen LogP contribution in [0.25, 0.3) is 0 Å². The van der Waals surface area contributed by atoms with Crippen molar-refractivity contribution in [3.8, 4) is 0 Å². The van der Waals surface area contributed by atoms with E-state index in [9.17, 15) is 9.00 Å². The molecule has 0 unspecified atom stereocenters. The van der Waals surface area contributed by atoms with Gasteiger partial charge in [0.15, 0.2) is 0 Å². The number of allylic oxidation sites excluding steroid dienone is 3. The molecule has 22 heavy (non-hydrogen) atoms. The zero-order valence-electron chi connectivity index (χ0n) is 14.4. The van der Waals surface area contributed by atoms with Crippen molar-refractivity contribution in [3.05, 3.63) is 23.1 Å². The summed E-state index contributed by atoms with van der Waals surface area (Å²) in [5.41, 5.74) is 1.26. The summed E-state index contributed by atoms with van der Waals surface area (Å²) in [6.45, 7) is 9.81. The first kappa shape index (κ1) is 17.5. The van der Waals surface area contributed by atoms with Crippen LogP contribution in [0.5, 0.6) is 0 Å². The number of carbonyl (C=O) groups is 1. The van der Waals surface area contributed by atoms with E-state index >= 15 is 0 Å². The Labute approximate surface area is 135 Å². The fourth-order valence-corrected chi connectivity index (χ4v) is 4.66. The second-order valence-electron chi connectivity index (χ2n) is 8.02. The van der Waals surface area contributed by atoms with E-state index in [4.69, 9.17) is 4.78 Å². The van der Waals surface area contributed by atoms with Crippen LogP contribution < -0.4 is 0 Å². The lowest BCUT2D eigenvalue weighted by atomic mass is 9.64. The standard InChI is InChI=1S/C18H29NO2S/c1-13(10-12-22(19,21)17(2,3)4)14-8-9-15-16(20)7-6-11-18(14,15)5/h8,10,12-13,15,19H,6-7,9,11H2,1-5H3/b12-10+/t13-,15+,18-,22+/m1/s1. The highest BCUT2D eigenvalue weighted by Crippen LogP contribution is 2.53. The molecule has 0 aromatic heterocycles. The maximum absolute atomic E-state index is 12.4. The highest BCUT2D eigenvalue weighted by molar-refractivity contribution is 7.96. The molecule has 0 spiro atoms. The average molecular weight is 324 g/mol. The third-order valence-corrected chi connectivity index (χ3v) is 7.83. The second-order valence-corrected chi connectivity index (χ2v) is 10.7. The first-order valence-electron chi connectivity index (χ1n) is 8.19. The first-order valence-corrected chi connectivity index (χ1v) is 9.81. The van der Waals surface area contributed by atoms with Gasteiger partial charge in [-0.1, -0.05) is 31.6 Å². The summed E-state index contributed by atoms with van der Waals surface area (Å²) in [6, 6.07) is 0. The van der Waals surface area contributed by atoms with E-state index in [1.165, 1.54) is 5.57 Å². The van der Waals surface area contributed by atoms with E-state index in [-0.39, 0.29) is 17.3 Å². The third kappa shape index (κ3) is 2.94. The van der Waals surface area contributed by atoms with Gasteiger partial charge in [-0.3, -0.25) is 4.79 Å². The van der Waals surface area contributed by atoms with Crippen molar-refractivity contribution < 1.29 is 9.00 Å². The second kappa shape index (κ2) is 5.63. The van der Waals surface area contributed by atoms with E-state index in [1.54, 1.807) is 5.41 Å². The molecule has 0 saturated heterocycles. The molecule has 0 amide bonds. The lowest BCUT2D eigenvalue weighted by Crippen LogP contribution is -2.36. The molecule has 2 rings (SSSR count). The summed E-state index contributed by atoms with van der Waals surface area (Å²) < 4.78 is 20.0. The Morgan fingerprint density at radius 2 is 2.09 bits per heavy atom. The number of Topliss-reactive ketones (excluding diaryl/α,β-unsaturated/α-hetero) is 1. The van der Waals surface area contributed by atoms with Crippen LogP contribution in [0.2, 0.25) is 0 Å². The summed E-state index contributed by atoms with van der Waals surface area (Å²) in [5.74, 6) is 0.666. The smallest absolute Gasteiger partial charge is 0.137 e. The monoisotopic (exact) mass is 323 g/mol. The van der Waals surface area contributed by atoms with Crippen LogP contribution in [0.3, 0.4) is 0 Å². The summed E-state index contributed by atoms with van der Waals surface area (Å²) in [7, 11) is -2.76. The number of rotatable bonds is 3. The van der Waals surface area contributed by atoms with Crippen LogP contribution in [0.15, 0.2) is 23.1 Å². The summed E-state index contributed by atoms with van der Waals surface area (Å²) in [6.07, 6.45) is 7.72. The van der Waals surface area contributed by atoms with Crippen molar-refractivity contribution in [1.29, 1.82) is 4.78 Å². The van der Waals surface area contributed by atoms with E-state index in [1.807, 2.05) is 26.8 Å². The lowest BCUT2D eigenvalue weighted by molar-refractivity contribution is -0.128. The highest BCUT2D eigenvalue weighted by Gasteiger charge is 2.47. The van der Waals surface area contributed by atoms with E-state index in [0.29, 0.717) is 5.78 Å². The van der Waals surface area contributed by atoms with Gasteiger partial charge < -0.3 is 0 Å². The Bertz CT molecular complexity index is 622.